The fourth-order valence-electron chi connectivity index (χ4n) is 3.50. The Labute approximate surface area is 79.1 Å². The highest BCUT2D eigenvalue weighted by atomic mass is 16.5. The summed E-state index contributed by atoms with van der Waals surface area (Å²) >= 11 is 0. The van der Waals surface area contributed by atoms with Crippen LogP contribution in [0.2, 0.25) is 0 Å². The third kappa shape index (κ3) is 0.853. The van der Waals surface area contributed by atoms with Crippen molar-refractivity contribution in [3.05, 3.63) is 0 Å². The van der Waals surface area contributed by atoms with Crippen LogP contribution < -0.4 is 5.48 Å². The summed E-state index contributed by atoms with van der Waals surface area (Å²) in [5, 5.41) is 19.0. The van der Waals surface area contributed by atoms with Gasteiger partial charge < -0.3 is 10.3 Å². The molecule has 3 N–H and O–H groups in total. The molecule has 0 amide bonds. The zero-order valence-electron chi connectivity index (χ0n) is 8.54. The topological polar surface area (TPSA) is 52.5 Å². The van der Waals surface area contributed by atoms with Gasteiger partial charge in [0.2, 0.25) is 0 Å². The van der Waals surface area contributed by atoms with Crippen molar-refractivity contribution in [3.8, 4) is 0 Å². The Hall–Kier alpha value is -0.120. The maximum Gasteiger partial charge on any atom is 0.0777 e. The molecular formula is C10H19NO2. The molecule has 0 aromatic carbocycles. The van der Waals surface area contributed by atoms with E-state index in [1.165, 1.54) is 0 Å². The van der Waals surface area contributed by atoms with Gasteiger partial charge >= 0.3 is 0 Å². The van der Waals surface area contributed by atoms with Crippen LogP contribution in [0.1, 0.15) is 33.6 Å². The van der Waals surface area contributed by atoms with Gasteiger partial charge in [0.15, 0.2) is 0 Å². The van der Waals surface area contributed by atoms with Crippen molar-refractivity contribution in [1.82, 2.24) is 5.48 Å². The van der Waals surface area contributed by atoms with Gasteiger partial charge in [-0.15, -0.1) is 0 Å². The molecule has 0 heterocycles. The van der Waals surface area contributed by atoms with E-state index in [2.05, 4.69) is 26.3 Å². The molecule has 13 heavy (non-hydrogen) atoms. The highest BCUT2D eigenvalue weighted by Crippen LogP contribution is 2.65. The number of rotatable bonds is 1. The predicted octanol–water partition coefficient (Wildman–Crippen LogP) is 1.15. The van der Waals surface area contributed by atoms with Crippen LogP contribution in [0.25, 0.3) is 0 Å². The molecule has 2 fully saturated rings. The number of nitrogens with one attached hydrogen (secondary N) is 1. The van der Waals surface area contributed by atoms with E-state index in [4.69, 9.17) is 5.21 Å². The van der Waals surface area contributed by atoms with E-state index in [0.29, 0.717) is 5.92 Å². The fourth-order valence-corrected chi connectivity index (χ4v) is 3.50. The zero-order chi connectivity index (χ0) is 9.85. The van der Waals surface area contributed by atoms with Crippen molar-refractivity contribution in [3.63, 3.8) is 0 Å². The SMILES string of the molecule is CC1(C)[C@H]2CC[C@@]1(C)[C@@H](O)[C@@H]2NO. The molecule has 0 saturated heterocycles. The first-order chi connectivity index (χ1) is 5.95. The first-order valence-electron chi connectivity index (χ1n) is 5.03. The van der Waals surface area contributed by atoms with Gasteiger partial charge in [0.1, 0.15) is 0 Å². The van der Waals surface area contributed by atoms with Crippen LogP contribution in [0.3, 0.4) is 0 Å². The summed E-state index contributed by atoms with van der Waals surface area (Å²) in [4.78, 5) is 0. The molecule has 2 aliphatic rings. The summed E-state index contributed by atoms with van der Waals surface area (Å²) in [6.07, 6.45) is 1.77. The maximum atomic E-state index is 10.1. The molecule has 0 aromatic heterocycles. The fraction of sp³-hybridized carbons (Fsp3) is 1.00. The van der Waals surface area contributed by atoms with Gasteiger partial charge in [0.25, 0.3) is 0 Å². The van der Waals surface area contributed by atoms with Gasteiger partial charge in [0.05, 0.1) is 12.1 Å². The number of hydrogen-bond donors (Lipinski definition) is 3. The molecule has 3 heteroatoms. The Morgan fingerprint density at radius 3 is 2.23 bits per heavy atom. The third-order valence-electron chi connectivity index (χ3n) is 4.95. The Morgan fingerprint density at radius 1 is 1.31 bits per heavy atom. The molecule has 2 rings (SSSR count). The number of hydroxylamine groups is 1. The van der Waals surface area contributed by atoms with Gasteiger partial charge in [-0.3, -0.25) is 0 Å². The minimum atomic E-state index is -0.411. The van der Waals surface area contributed by atoms with Crippen LogP contribution in [-0.4, -0.2) is 22.5 Å². The second kappa shape index (κ2) is 2.47. The highest BCUT2D eigenvalue weighted by Gasteiger charge is 2.65. The van der Waals surface area contributed by atoms with Gasteiger partial charge in [-0.25, -0.2) is 0 Å². The van der Waals surface area contributed by atoms with E-state index in [1.807, 2.05) is 0 Å². The van der Waals surface area contributed by atoms with Crippen molar-refractivity contribution in [2.75, 3.05) is 0 Å². The third-order valence-corrected chi connectivity index (χ3v) is 4.95. The molecule has 2 saturated carbocycles. The van der Waals surface area contributed by atoms with Gasteiger partial charge in [-0.1, -0.05) is 20.8 Å². The van der Waals surface area contributed by atoms with Crippen LogP contribution in [0.5, 0.6) is 0 Å². The lowest BCUT2D eigenvalue weighted by Gasteiger charge is -2.36. The molecule has 3 nitrogen and oxygen atoms in total. The number of aliphatic hydroxyl groups excluding tert-OH is 1. The standard InChI is InChI=1S/C10H19NO2/c1-9(2)6-4-5-10(9,3)8(12)7(6)11-13/h6-8,11-13H,4-5H2,1-3H3/t6-,7+,8-,10-/m0/s1. The summed E-state index contributed by atoms with van der Waals surface area (Å²) in [5.74, 6) is 0.400. The first kappa shape index (κ1) is 9.44. The molecule has 0 aliphatic heterocycles. The average Bonchev–Trinajstić information content (AvgIpc) is 2.36. The molecule has 0 radical (unpaired) electrons. The lowest BCUT2D eigenvalue weighted by Crippen LogP contribution is -2.45. The van der Waals surface area contributed by atoms with Gasteiger partial charge in [0, 0.05) is 5.41 Å². The van der Waals surface area contributed by atoms with E-state index >= 15 is 0 Å². The van der Waals surface area contributed by atoms with E-state index < -0.39 is 6.10 Å². The van der Waals surface area contributed by atoms with Crippen LogP contribution in [-0.2, 0) is 0 Å². The summed E-state index contributed by atoms with van der Waals surface area (Å²) in [7, 11) is 0. The monoisotopic (exact) mass is 185 g/mol. The average molecular weight is 185 g/mol. The summed E-state index contributed by atoms with van der Waals surface area (Å²) < 4.78 is 0. The van der Waals surface area contributed by atoms with Crippen LogP contribution in [0.15, 0.2) is 0 Å². The van der Waals surface area contributed by atoms with Gasteiger partial charge in [-0.2, -0.15) is 5.48 Å². The van der Waals surface area contributed by atoms with Crippen molar-refractivity contribution >= 4 is 0 Å². The second-order valence-electron chi connectivity index (χ2n) is 5.38. The Balaban J connectivity index is 2.39. The minimum Gasteiger partial charge on any atom is -0.391 e. The maximum absolute atomic E-state index is 10.1. The molecule has 76 valence electrons. The lowest BCUT2D eigenvalue weighted by molar-refractivity contribution is -0.0284. The van der Waals surface area contributed by atoms with Crippen molar-refractivity contribution in [2.45, 2.75) is 45.8 Å². The largest absolute Gasteiger partial charge is 0.391 e. The summed E-state index contributed by atoms with van der Waals surface area (Å²) in [6, 6.07) is -0.131. The minimum absolute atomic E-state index is 0.0297. The molecule has 2 bridgehead atoms. The number of hydrogen-bond acceptors (Lipinski definition) is 3. The molecule has 2 aliphatic carbocycles. The van der Waals surface area contributed by atoms with Crippen molar-refractivity contribution in [1.29, 1.82) is 0 Å². The van der Waals surface area contributed by atoms with Crippen molar-refractivity contribution in [2.24, 2.45) is 16.7 Å². The summed E-state index contributed by atoms with van der Waals surface area (Å²) in [6.45, 7) is 6.53. The molecule has 0 spiro atoms. The Morgan fingerprint density at radius 2 is 1.92 bits per heavy atom. The molecule has 4 atom stereocenters. The number of aliphatic hydroxyl groups is 1. The Kier molecular flexibility index (Phi) is 1.79. The molecule has 0 aromatic rings. The molecular weight excluding hydrogens is 166 g/mol. The second-order valence-corrected chi connectivity index (χ2v) is 5.38. The van der Waals surface area contributed by atoms with E-state index in [1.54, 1.807) is 0 Å². The van der Waals surface area contributed by atoms with E-state index in [0.717, 1.165) is 12.8 Å². The Bertz CT molecular complexity index is 229. The van der Waals surface area contributed by atoms with Crippen LogP contribution >= 0.6 is 0 Å². The number of fused-ring (bicyclic) bond motifs is 2. The summed E-state index contributed by atoms with van der Waals surface area (Å²) in [5.41, 5.74) is 2.38. The first-order valence-corrected chi connectivity index (χ1v) is 5.03. The zero-order valence-corrected chi connectivity index (χ0v) is 8.54. The predicted molar refractivity (Wildman–Crippen MR) is 49.3 cm³/mol. The molecule has 0 unspecified atom stereocenters. The van der Waals surface area contributed by atoms with Crippen LogP contribution in [0.4, 0.5) is 0 Å². The highest BCUT2D eigenvalue weighted by molar-refractivity contribution is 5.16. The smallest absolute Gasteiger partial charge is 0.0777 e. The lowest BCUT2D eigenvalue weighted by atomic mass is 9.70. The van der Waals surface area contributed by atoms with E-state index in [9.17, 15) is 5.11 Å². The normalized spacial score (nSPS) is 52.8. The van der Waals surface area contributed by atoms with Crippen molar-refractivity contribution < 1.29 is 10.3 Å². The van der Waals surface area contributed by atoms with E-state index in [-0.39, 0.29) is 16.9 Å². The quantitative estimate of drug-likeness (QED) is 0.537. The van der Waals surface area contributed by atoms with Gasteiger partial charge in [-0.05, 0) is 24.2 Å². The van der Waals surface area contributed by atoms with Crippen LogP contribution in [0, 0.1) is 16.7 Å².